The van der Waals surface area contributed by atoms with Crippen LogP contribution in [0.2, 0.25) is 0 Å². The highest BCUT2D eigenvalue weighted by molar-refractivity contribution is 8.13. The highest BCUT2D eigenvalue weighted by Crippen LogP contribution is 2.33. The number of rotatable bonds is 4. The second kappa shape index (κ2) is 7.15. The fourth-order valence-corrected chi connectivity index (χ4v) is 2.55. The summed E-state index contributed by atoms with van der Waals surface area (Å²) in [5.74, 6) is 1.12. The average molecular weight is 331 g/mol. The molecule has 0 spiro atoms. The van der Waals surface area contributed by atoms with Crippen LogP contribution in [0.4, 0.5) is 4.39 Å². The van der Waals surface area contributed by atoms with Gasteiger partial charge in [-0.1, -0.05) is 42.1 Å². The van der Waals surface area contributed by atoms with Crippen molar-refractivity contribution in [1.82, 2.24) is 0 Å². The molecule has 1 heterocycles. The number of halogens is 1. The van der Waals surface area contributed by atoms with E-state index in [-0.39, 0.29) is 12.4 Å². The number of amidine groups is 1. The van der Waals surface area contributed by atoms with E-state index in [2.05, 4.69) is 10.2 Å². The average Bonchev–Trinajstić information content (AvgIpc) is 3.01. The lowest BCUT2D eigenvalue weighted by molar-refractivity contribution is 0.174. The monoisotopic (exact) mass is 331 g/mol. The van der Waals surface area contributed by atoms with Gasteiger partial charge in [-0.2, -0.15) is 5.10 Å². The molecule has 0 amide bonds. The Labute approximate surface area is 137 Å². The number of fused-ring (bicyclic) bond motifs is 1. The molecule has 0 unspecified atom stereocenters. The molecule has 1 aliphatic heterocycles. The molecule has 0 saturated carbocycles. The van der Waals surface area contributed by atoms with E-state index in [0.29, 0.717) is 22.4 Å². The van der Waals surface area contributed by atoms with E-state index in [1.165, 1.54) is 30.1 Å². The first-order valence-corrected chi connectivity index (χ1v) is 7.83. The summed E-state index contributed by atoms with van der Waals surface area (Å²) in [6, 6.07) is 12.7. The first-order valence-electron chi connectivity index (χ1n) is 6.85. The number of benzene rings is 2. The highest BCUT2D eigenvalue weighted by Gasteiger charge is 2.16. The van der Waals surface area contributed by atoms with Crippen LogP contribution in [-0.2, 0) is 5.75 Å². The lowest BCUT2D eigenvalue weighted by Crippen LogP contribution is -2.06. The second-order valence-corrected chi connectivity index (χ2v) is 5.68. The molecule has 2 aromatic carbocycles. The molecule has 2 aromatic rings. The van der Waals surface area contributed by atoms with E-state index < -0.39 is 5.82 Å². The molecule has 0 atom stereocenters. The van der Waals surface area contributed by atoms with Crippen molar-refractivity contribution in [1.29, 1.82) is 0 Å². The number of nitrogens with zero attached hydrogens (tertiary/aromatic N) is 2. The summed E-state index contributed by atoms with van der Waals surface area (Å²) in [5.41, 5.74) is 7.18. The van der Waals surface area contributed by atoms with Gasteiger partial charge in [0.1, 0.15) is 5.82 Å². The van der Waals surface area contributed by atoms with Crippen LogP contribution in [0, 0.1) is 5.82 Å². The van der Waals surface area contributed by atoms with E-state index >= 15 is 0 Å². The highest BCUT2D eigenvalue weighted by atomic mass is 32.2. The number of hydrogen-bond donors (Lipinski definition) is 1. The minimum atomic E-state index is -0.455. The molecule has 23 heavy (non-hydrogen) atoms. The van der Waals surface area contributed by atoms with E-state index in [1.54, 1.807) is 0 Å². The van der Waals surface area contributed by atoms with Gasteiger partial charge in [-0.05, 0) is 11.6 Å². The Morgan fingerprint density at radius 3 is 2.74 bits per heavy atom. The third-order valence-corrected chi connectivity index (χ3v) is 3.93. The van der Waals surface area contributed by atoms with Gasteiger partial charge in [-0.15, -0.1) is 5.10 Å². The fraction of sp³-hybridized carbons (Fsp3) is 0.125. The van der Waals surface area contributed by atoms with Crippen LogP contribution in [0.5, 0.6) is 11.5 Å². The van der Waals surface area contributed by atoms with Crippen molar-refractivity contribution in [3.05, 3.63) is 59.4 Å². The van der Waals surface area contributed by atoms with Gasteiger partial charge in [-0.25, -0.2) is 4.39 Å². The number of hydrogen-bond acceptors (Lipinski definition) is 5. The summed E-state index contributed by atoms with van der Waals surface area (Å²) < 4.78 is 24.1. The van der Waals surface area contributed by atoms with Gasteiger partial charge in [0.2, 0.25) is 6.79 Å². The molecule has 3 rings (SSSR count). The molecule has 1 aliphatic rings. The Hall–Kier alpha value is -2.54. The van der Waals surface area contributed by atoms with Gasteiger partial charge < -0.3 is 15.2 Å². The Balaban J connectivity index is 1.61. The van der Waals surface area contributed by atoms with Crippen LogP contribution in [0.1, 0.15) is 11.1 Å². The van der Waals surface area contributed by atoms with Crippen molar-refractivity contribution in [2.75, 3.05) is 6.79 Å². The summed E-state index contributed by atoms with van der Waals surface area (Å²) in [5, 5.41) is 7.99. The Bertz CT molecular complexity index is 750. The molecular formula is C16H14FN3O2S. The normalized spacial score (nSPS) is 13.7. The SMILES string of the molecule is NC(=NN=Cc1cc2c(cc1F)OCO2)SCc1ccccc1. The van der Waals surface area contributed by atoms with Crippen LogP contribution in [-0.4, -0.2) is 18.2 Å². The number of ether oxygens (including phenoxy) is 2. The molecule has 0 fully saturated rings. The van der Waals surface area contributed by atoms with E-state index in [4.69, 9.17) is 15.2 Å². The summed E-state index contributed by atoms with van der Waals surface area (Å²) in [4.78, 5) is 0. The van der Waals surface area contributed by atoms with Crippen LogP contribution < -0.4 is 15.2 Å². The third-order valence-electron chi connectivity index (χ3n) is 3.07. The number of nitrogens with two attached hydrogens (primary N) is 1. The second-order valence-electron chi connectivity index (χ2n) is 4.68. The van der Waals surface area contributed by atoms with Crippen molar-refractivity contribution in [2.24, 2.45) is 15.9 Å². The minimum absolute atomic E-state index is 0.0938. The quantitative estimate of drug-likeness (QED) is 0.531. The summed E-state index contributed by atoms with van der Waals surface area (Å²) in [7, 11) is 0. The van der Waals surface area contributed by atoms with Gasteiger partial charge in [0.25, 0.3) is 0 Å². The van der Waals surface area contributed by atoms with Crippen molar-refractivity contribution in [3.8, 4) is 11.5 Å². The van der Waals surface area contributed by atoms with Crippen LogP contribution in [0.15, 0.2) is 52.7 Å². The topological polar surface area (TPSA) is 69.2 Å². The Morgan fingerprint density at radius 1 is 1.22 bits per heavy atom. The maximum absolute atomic E-state index is 13.8. The zero-order valence-electron chi connectivity index (χ0n) is 12.1. The lowest BCUT2D eigenvalue weighted by atomic mass is 10.2. The summed E-state index contributed by atoms with van der Waals surface area (Å²) >= 11 is 1.36. The standard InChI is InChI=1S/C16H14FN3O2S/c17-13-7-15-14(21-10-22-15)6-12(13)8-19-20-16(18)23-9-11-4-2-1-3-5-11/h1-8H,9-10H2,(H2,18,20). The van der Waals surface area contributed by atoms with Gasteiger partial charge in [-0.3, -0.25) is 0 Å². The molecule has 2 N–H and O–H groups in total. The van der Waals surface area contributed by atoms with E-state index in [9.17, 15) is 4.39 Å². The van der Waals surface area contributed by atoms with Crippen LogP contribution >= 0.6 is 11.8 Å². The van der Waals surface area contributed by atoms with Crippen molar-refractivity contribution in [3.63, 3.8) is 0 Å². The molecule has 118 valence electrons. The molecular weight excluding hydrogens is 317 g/mol. The van der Waals surface area contributed by atoms with E-state index in [0.717, 1.165) is 5.56 Å². The van der Waals surface area contributed by atoms with Gasteiger partial charge in [0, 0.05) is 17.4 Å². The molecule has 0 saturated heterocycles. The smallest absolute Gasteiger partial charge is 0.231 e. The van der Waals surface area contributed by atoms with Gasteiger partial charge in [0.15, 0.2) is 16.7 Å². The predicted molar refractivity (Wildman–Crippen MR) is 89.5 cm³/mol. The molecule has 0 aromatic heterocycles. The molecule has 7 heteroatoms. The molecule has 0 radical (unpaired) electrons. The first kappa shape index (κ1) is 15.4. The van der Waals surface area contributed by atoms with E-state index in [1.807, 2.05) is 30.3 Å². The Kier molecular flexibility index (Phi) is 4.77. The maximum Gasteiger partial charge on any atom is 0.231 e. The largest absolute Gasteiger partial charge is 0.454 e. The summed E-state index contributed by atoms with van der Waals surface area (Å²) in [6.07, 6.45) is 1.30. The van der Waals surface area contributed by atoms with Crippen LogP contribution in [0.3, 0.4) is 0 Å². The predicted octanol–water partition coefficient (Wildman–Crippen LogP) is 3.14. The summed E-state index contributed by atoms with van der Waals surface area (Å²) in [6.45, 7) is 0.0938. The fourth-order valence-electron chi connectivity index (χ4n) is 1.94. The molecule has 5 nitrogen and oxygen atoms in total. The van der Waals surface area contributed by atoms with Crippen molar-refractivity contribution < 1.29 is 13.9 Å². The van der Waals surface area contributed by atoms with Crippen molar-refractivity contribution >= 4 is 23.1 Å². The van der Waals surface area contributed by atoms with Gasteiger partial charge in [0.05, 0.1) is 6.21 Å². The molecule has 0 bridgehead atoms. The number of thioether (sulfide) groups is 1. The Morgan fingerprint density at radius 2 is 1.96 bits per heavy atom. The van der Waals surface area contributed by atoms with Crippen LogP contribution in [0.25, 0.3) is 0 Å². The lowest BCUT2D eigenvalue weighted by Gasteiger charge is -2.00. The molecule has 0 aliphatic carbocycles. The zero-order valence-corrected chi connectivity index (χ0v) is 12.9. The minimum Gasteiger partial charge on any atom is -0.454 e. The zero-order chi connectivity index (χ0) is 16.1. The first-order chi connectivity index (χ1) is 11.2. The maximum atomic E-state index is 13.8. The van der Waals surface area contributed by atoms with Gasteiger partial charge >= 0.3 is 0 Å². The van der Waals surface area contributed by atoms with Crippen molar-refractivity contribution in [2.45, 2.75) is 5.75 Å². The third kappa shape index (κ3) is 4.01.